The first-order chi connectivity index (χ1) is 29.3. The van der Waals surface area contributed by atoms with E-state index in [2.05, 4.69) is 49.3 Å². The van der Waals surface area contributed by atoms with Gasteiger partial charge in [0.1, 0.15) is 22.7 Å². The van der Waals surface area contributed by atoms with Gasteiger partial charge in [0.15, 0.2) is 11.6 Å². The monoisotopic (exact) mass is 840 g/mol. The number of halogens is 4. The number of ether oxygens (including phenoxy) is 2. The Labute approximate surface area is 338 Å². The molecule has 0 saturated heterocycles. The molecule has 11 rings (SSSR count). The van der Waals surface area contributed by atoms with Gasteiger partial charge in [0, 0.05) is 17.7 Å². The van der Waals surface area contributed by atoms with Gasteiger partial charge in [-0.05, 0) is 95.4 Å². The van der Waals surface area contributed by atoms with Crippen LogP contribution in [0.25, 0.3) is 33.2 Å². The summed E-state index contributed by atoms with van der Waals surface area (Å²) in [5, 5.41) is 27.7. The Bertz CT molecular complexity index is 3110. The highest BCUT2D eigenvalue weighted by atomic mass is 19.1. The lowest BCUT2D eigenvalue weighted by molar-refractivity contribution is -0.0391. The summed E-state index contributed by atoms with van der Waals surface area (Å²) >= 11 is 0. The number of hydrogen-bond acceptors (Lipinski definition) is 12. The molecular weight excluding hydrogens is 808 g/mol. The first kappa shape index (κ1) is 38.2. The van der Waals surface area contributed by atoms with Gasteiger partial charge in [0.25, 0.3) is 0 Å². The molecule has 4 aromatic heterocycles. The molecule has 0 radical (unpaired) electrons. The van der Waals surface area contributed by atoms with Crippen molar-refractivity contribution >= 4 is 22.1 Å². The van der Waals surface area contributed by atoms with Crippen LogP contribution in [-0.4, -0.2) is 50.4 Å². The highest BCUT2D eigenvalue weighted by Gasteiger charge is 2.38. The van der Waals surface area contributed by atoms with Gasteiger partial charge >= 0.3 is 35.6 Å². The zero-order chi connectivity index (χ0) is 42.2. The van der Waals surface area contributed by atoms with Gasteiger partial charge < -0.3 is 29.7 Å². The molecule has 0 spiro atoms. The Hall–Kier alpha value is -7.06. The van der Waals surface area contributed by atoms with Crippen LogP contribution in [0.5, 0.6) is 24.0 Å². The third-order valence-corrected chi connectivity index (χ3v) is 11.7. The summed E-state index contributed by atoms with van der Waals surface area (Å²) in [7, 11) is 0. The molecular formula is C41H32F4N8O8. The van der Waals surface area contributed by atoms with Crippen molar-refractivity contribution in [2.24, 2.45) is 0 Å². The fourth-order valence-corrected chi connectivity index (χ4v) is 8.23. The van der Waals surface area contributed by atoms with Gasteiger partial charge in [-0.3, -0.25) is 9.05 Å². The zero-order valence-electron chi connectivity index (χ0n) is 31.6. The van der Waals surface area contributed by atoms with Crippen molar-refractivity contribution in [3.05, 3.63) is 127 Å². The molecule has 8 aromatic rings. The minimum absolute atomic E-state index is 0.0227. The van der Waals surface area contributed by atoms with E-state index >= 15 is 8.78 Å². The molecule has 61 heavy (non-hydrogen) atoms. The van der Waals surface area contributed by atoms with Gasteiger partial charge in [0.05, 0.1) is 27.8 Å². The third-order valence-electron chi connectivity index (χ3n) is 11.7. The van der Waals surface area contributed by atoms with Crippen molar-refractivity contribution in [3.8, 4) is 35.2 Å². The molecule has 6 N–H and O–H groups in total. The Morgan fingerprint density at radius 3 is 1.69 bits per heavy atom. The summed E-state index contributed by atoms with van der Waals surface area (Å²) in [5.74, 6) is -5.10. The molecule has 3 aliphatic rings. The SMILES string of the molecule is O=c1[nH]c(Oc2nc3c(F)c(-c4ccc(C5(O)CCC5)cc4)c(F)cc3[nH]2)no1.O=c1[nH]c(Oc2nc3c(F)c(C4Cc5ccc(C6(O)CCC6)cc5C4)c(F)cc3[nH]2)no1. The predicted molar refractivity (Wildman–Crippen MR) is 204 cm³/mol. The molecule has 1 atom stereocenters. The van der Waals surface area contributed by atoms with Crippen molar-refractivity contribution < 1.29 is 46.3 Å². The van der Waals surface area contributed by atoms with Crippen LogP contribution in [0.3, 0.4) is 0 Å². The smallest absolute Gasteiger partial charge is 0.389 e. The van der Waals surface area contributed by atoms with Gasteiger partial charge in [-0.15, -0.1) is 0 Å². The molecule has 4 aromatic carbocycles. The standard InChI is InChI=1S/C22H18F2N4O4.C19H14F2N4O4/c23-14-9-15-18(26-19(25-15)31-20-27-21(29)32-28-20)17(24)16(14)12-6-10-2-3-13(8-11(10)7-12)22(30)4-1-5-22;20-11-8-12-15(23-16(22-12)28-17-24-18(26)29-25-17)14(21)13(11)9-2-4-10(5-3-9)19(27)6-1-7-19/h2-3,8-9,12,30H,1,4-7H2,(H,25,26)(H,27,28,29);2-5,8,27H,1,6-7H2,(H,22,23)(H,24,25,26). The van der Waals surface area contributed by atoms with E-state index in [1.165, 1.54) is 6.07 Å². The predicted octanol–water partition coefficient (Wildman–Crippen LogP) is 6.91. The van der Waals surface area contributed by atoms with E-state index in [0.29, 0.717) is 31.2 Å². The summed E-state index contributed by atoms with van der Waals surface area (Å²) in [6.45, 7) is 0. The molecule has 0 amide bonds. The highest BCUT2D eigenvalue weighted by Crippen LogP contribution is 2.45. The first-order valence-corrected chi connectivity index (χ1v) is 19.2. The number of hydrogen-bond donors (Lipinski definition) is 6. The van der Waals surface area contributed by atoms with E-state index < -0.39 is 46.0 Å². The largest absolute Gasteiger partial charge is 0.441 e. The highest BCUT2D eigenvalue weighted by molar-refractivity contribution is 5.84. The molecule has 0 bridgehead atoms. The van der Waals surface area contributed by atoms with Crippen LogP contribution < -0.4 is 21.0 Å². The lowest BCUT2D eigenvalue weighted by Crippen LogP contribution is -2.33. The van der Waals surface area contributed by atoms with Crippen LogP contribution in [0, 0.1) is 23.3 Å². The van der Waals surface area contributed by atoms with Gasteiger partial charge in [-0.1, -0.05) is 42.5 Å². The van der Waals surface area contributed by atoms with Crippen LogP contribution in [0.15, 0.2) is 73.2 Å². The van der Waals surface area contributed by atoms with Gasteiger partial charge in [-0.25, -0.2) is 37.1 Å². The third kappa shape index (κ3) is 6.82. The van der Waals surface area contributed by atoms with Crippen molar-refractivity contribution in [2.45, 2.75) is 68.5 Å². The fraction of sp³-hybridized carbons (Fsp3) is 0.268. The van der Waals surface area contributed by atoms with Crippen molar-refractivity contribution in [1.29, 1.82) is 0 Å². The summed E-state index contributed by atoms with van der Waals surface area (Å²) in [5.41, 5.74) is 2.06. The van der Waals surface area contributed by atoms with Crippen LogP contribution >= 0.6 is 0 Å². The Morgan fingerprint density at radius 2 is 1.15 bits per heavy atom. The number of rotatable bonds is 8. The number of nitrogens with one attached hydrogen (secondary N) is 4. The van der Waals surface area contributed by atoms with Gasteiger partial charge in [0.2, 0.25) is 0 Å². The number of aromatic nitrogens is 8. The van der Waals surface area contributed by atoms with E-state index in [0.717, 1.165) is 54.0 Å². The average molecular weight is 841 g/mol. The molecule has 1 unspecified atom stereocenters. The Balaban J connectivity index is 0.000000147. The Morgan fingerprint density at radius 1 is 0.623 bits per heavy atom. The molecule has 2 saturated carbocycles. The normalized spacial score (nSPS) is 17.4. The number of H-pyrrole nitrogens is 4. The van der Waals surface area contributed by atoms with E-state index in [1.807, 2.05) is 18.2 Å². The van der Waals surface area contributed by atoms with E-state index in [1.54, 1.807) is 24.3 Å². The molecule has 2 fully saturated rings. The molecule has 16 nitrogen and oxygen atoms in total. The molecule has 20 heteroatoms. The lowest BCUT2D eigenvalue weighted by Gasteiger charge is -2.37. The number of imidazole rings is 2. The number of fused-ring (bicyclic) bond motifs is 3. The molecule has 4 heterocycles. The topological polar surface area (TPSA) is 234 Å². The zero-order valence-corrected chi connectivity index (χ0v) is 31.6. The van der Waals surface area contributed by atoms with E-state index in [-0.39, 0.29) is 63.2 Å². The first-order valence-electron chi connectivity index (χ1n) is 19.2. The van der Waals surface area contributed by atoms with E-state index in [9.17, 15) is 28.6 Å². The van der Waals surface area contributed by atoms with Gasteiger partial charge in [-0.2, -0.15) is 9.97 Å². The number of aromatic amines is 4. The minimum atomic E-state index is -0.866. The summed E-state index contributed by atoms with van der Waals surface area (Å²) < 4.78 is 79.1. The Kier molecular flexibility index (Phi) is 8.95. The average Bonchev–Trinajstić information content (AvgIpc) is 4.06. The maximum atomic E-state index is 15.4. The van der Waals surface area contributed by atoms with Crippen molar-refractivity contribution in [3.63, 3.8) is 0 Å². The van der Waals surface area contributed by atoms with Crippen molar-refractivity contribution in [2.75, 3.05) is 0 Å². The molecule has 0 aliphatic heterocycles. The van der Waals surface area contributed by atoms with Crippen molar-refractivity contribution in [1.82, 2.24) is 40.2 Å². The van der Waals surface area contributed by atoms with Crippen LogP contribution in [0.1, 0.15) is 72.3 Å². The lowest BCUT2D eigenvalue weighted by atomic mass is 9.74. The maximum absolute atomic E-state index is 15.4. The fourth-order valence-electron chi connectivity index (χ4n) is 8.23. The van der Waals surface area contributed by atoms with Crippen LogP contribution in [0.2, 0.25) is 0 Å². The number of benzene rings is 4. The van der Waals surface area contributed by atoms with Crippen LogP contribution in [-0.2, 0) is 24.0 Å². The number of nitrogens with zero attached hydrogens (tertiary/aromatic N) is 4. The minimum Gasteiger partial charge on any atom is -0.389 e. The number of aliphatic hydroxyl groups is 2. The van der Waals surface area contributed by atoms with Crippen LogP contribution in [0.4, 0.5) is 17.6 Å². The second kappa shape index (κ2) is 14.3. The maximum Gasteiger partial charge on any atom is 0.441 e. The second-order valence-corrected chi connectivity index (χ2v) is 15.5. The quantitative estimate of drug-likeness (QED) is 0.0857. The molecule has 3 aliphatic carbocycles. The summed E-state index contributed by atoms with van der Waals surface area (Å²) in [4.78, 5) is 39.6. The van der Waals surface area contributed by atoms with E-state index in [4.69, 9.17) is 9.47 Å². The summed E-state index contributed by atoms with van der Waals surface area (Å²) in [6.07, 6.45) is 5.75. The summed E-state index contributed by atoms with van der Waals surface area (Å²) in [6, 6.07) is 13.7. The molecule has 312 valence electrons. The second-order valence-electron chi connectivity index (χ2n) is 15.5.